The van der Waals surface area contributed by atoms with Crippen molar-refractivity contribution in [3.8, 4) is 11.1 Å². The first-order valence-electron chi connectivity index (χ1n) is 9.84. The van der Waals surface area contributed by atoms with Crippen molar-refractivity contribution >= 4 is 12.2 Å². The van der Waals surface area contributed by atoms with Gasteiger partial charge in [-0.2, -0.15) is 0 Å². The Morgan fingerprint density at radius 3 is 2.23 bits per heavy atom. The lowest BCUT2D eigenvalue weighted by Crippen LogP contribution is -1.96. The first-order valence-corrected chi connectivity index (χ1v) is 9.84. The van der Waals surface area contributed by atoms with Crippen molar-refractivity contribution in [3.05, 3.63) is 94.1 Å². The van der Waals surface area contributed by atoms with Gasteiger partial charge in [0.2, 0.25) is 0 Å². The Kier molecular flexibility index (Phi) is 5.73. The summed E-state index contributed by atoms with van der Waals surface area (Å²) in [4.78, 5) is 0. The molecular formula is C25H20F4O. The van der Waals surface area contributed by atoms with Crippen LogP contribution in [0.4, 0.5) is 17.6 Å². The summed E-state index contributed by atoms with van der Waals surface area (Å²) in [5.74, 6) is -3.48. The van der Waals surface area contributed by atoms with Gasteiger partial charge in [-0.15, -0.1) is 0 Å². The molecule has 1 saturated heterocycles. The van der Waals surface area contributed by atoms with Crippen molar-refractivity contribution in [2.75, 3.05) is 6.61 Å². The number of aryl methyl sites for hydroxylation is 1. The molecule has 3 aromatic rings. The molecule has 0 aliphatic carbocycles. The Bertz CT molecular complexity index is 1100. The number of ether oxygens (including phenoxy) is 1. The summed E-state index contributed by atoms with van der Waals surface area (Å²) >= 11 is 0. The van der Waals surface area contributed by atoms with Gasteiger partial charge >= 0.3 is 0 Å². The molecule has 0 bridgehead atoms. The topological polar surface area (TPSA) is 12.5 Å². The number of hydrogen-bond acceptors (Lipinski definition) is 1. The summed E-state index contributed by atoms with van der Waals surface area (Å²) in [6, 6.07) is 13.0. The summed E-state index contributed by atoms with van der Waals surface area (Å²) in [7, 11) is 0. The molecular weight excluding hydrogens is 392 g/mol. The van der Waals surface area contributed by atoms with E-state index in [1.165, 1.54) is 12.1 Å². The van der Waals surface area contributed by atoms with Gasteiger partial charge in [-0.25, -0.2) is 17.6 Å². The van der Waals surface area contributed by atoms with Crippen LogP contribution in [0, 0.1) is 23.3 Å². The first-order chi connectivity index (χ1) is 14.5. The van der Waals surface area contributed by atoms with Crippen LogP contribution in [0.3, 0.4) is 0 Å². The highest BCUT2D eigenvalue weighted by molar-refractivity contribution is 5.72. The average Bonchev–Trinajstić information content (AvgIpc) is 3.59. The van der Waals surface area contributed by atoms with Crippen LogP contribution in [-0.2, 0) is 11.2 Å². The number of benzene rings is 3. The van der Waals surface area contributed by atoms with Crippen LogP contribution in [0.2, 0.25) is 0 Å². The molecule has 1 aliphatic heterocycles. The number of rotatable bonds is 6. The van der Waals surface area contributed by atoms with Gasteiger partial charge in [0.1, 0.15) is 6.10 Å². The van der Waals surface area contributed by atoms with Crippen LogP contribution in [0.15, 0.2) is 48.5 Å². The van der Waals surface area contributed by atoms with Gasteiger partial charge in [0, 0.05) is 16.7 Å². The molecule has 3 aromatic carbocycles. The molecule has 0 radical (unpaired) electrons. The van der Waals surface area contributed by atoms with Gasteiger partial charge in [-0.1, -0.05) is 74.0 Å². The average molecular weight is 412 g/mol. The molecule has 0 spiro atoms. The second-order valence-electron chi connectivity index (χ2n) is 7.30. The lowest BCUT2D eigenvalue weighted by atomic mass is 10.00. The van der Waals surface area contributed by atoms with E-state index in [9.17, 15) is 17.6 Å². The summed E-state index contributed by atoms with van der Waals surface area (Å²) in [6.45, 7) is 2.31. The third-order valence-corrected chi connectivity index (χ3v) is 5.18. The Balaban J connectivity index is 1.55. The van der Waals surface area contributed by atoms with Crippen molar-refractivity contribution in [2.45, 2.75) is 25.9 Å². The van der Waals surface area contributed by atoms with E-state index in [1.54, 1.807) is 48.5 Å². The number of hydrogen-bond donors (Lipinski definition) is 0. The number of epoxide rings is 1. The fourth-order valence-corrected chi connectivity index (χ4v) is 3.42. The third kappa shape index (κ3) is 4.03. The Morgan fingerprint density at radius 1 is 0.833 bits per heavy atom. The first kappa shape index (κ1) is 20.4. The SMILES string of the molecule is CCCc1ccc(/C=C/c2ccc(-c3ccc(C4CO4)c(F)c3F)cc2)c(F)c1F. The molecule has 0 saturated carbocycles. The minimum Gasteiger partial charge on any atom is -0.368 e. The third-order valence-electron chi connectivity index (χ3n) is 5.18. The molecule has 1 heterocycles. The maximum Gasteiger partial charge on any atom is 0.167 e. The summed E-state index contributed by atoms with van der Waals surface area (Å²) in [5.41, 5.74) is 2.16. The molecule has 0 amide bonds. The number of halogens is 4. The van der Waals surface area contributed by atoms with Gasteiger partial charge in [-0.05, 0) is 23.1 Å². The largest absolute Gasteiger partial charge is 0.368 e. The lowest BCUT2D eigenvalue weighted by Gasteiger charge is -2.08. The Morgan fingerprint density at radius 2 is 1.57 bits per heavy atom. The van der Waals surface area contributed by atoms with Crippen molar-refractivity contribution in [3.63, 3.8) is 0 Å². The molecule has 1 atom stereocenters. The van der Waals surface area contributed by atoms with Crippen molar-refractivity contribution < 1.29 is 22.3 Å². The van der Waals surface area contributed by atoms with Crippen LogP contribution >= 0.6 is 0 Å². The van der Waals surface area contributed by atoms with E-state index in [4.69, 9.17) is 4.74 Å². The molecule has 0 N–H and O–H groups in total. The highest BCUT2D eigenvalue weighted by Crippen LogP contribution is 2.35. The fourth-order valence-electron chi connectivity index (χ4n) is 3.42. The van der Waals surface area contributed by atoms with Crippen LogP contribution in [0.25, 0.3) is 23.3 Å². The molecule has 30 heavy (non-hydrogen) atoms. The van der Waals surface area contributed by atoms with E-state index >= 15 is 0 Å². The van der Waals surface area contributed by atoms with E-state index in [2.05, 4.69) is 0 Å². The monoisotopic (exact) mass is 412 g/mol. The van der Waals surface area contributed by atoms with Crippen LogP contribution in [0.1, 0.15) is 41.7 Å². The highest BCUT2D eigenvalue weighted by atomic mass is 19.2. The zero-order valence-electron chi connectivity index (χ0n) is 16.4. The van der Waals surface area contributed by atoms with Gasteiger partial charge in [0.05, 0.1) is 6.61 Å². The molecule has 154 valence electrons. The van der Waals surface area contributed by atoms with Crippen LogP contribution < -0.4 is 0 Å². The van der Waals surface area contributed by atoms with E-state index in [1.807, 2.05) is 6.92 Å². The fraction of sp³-hybridized carbons (Fsp3) is 0.200. The Labute approximate surface area is 172 Å². The van der Waals surface area contributed by atoms with Gasteiger partial charge in [0.25, 0.3) is 0 Å². The second-order valence-corrected chi connectivity index (χ2v) is 7.30. The van der Waals surface area contributed by atoms with Crippen LogP contribution in [-0.4, -0.2) is 6.61 Å². The maximum absolute atomic E-state index is 14.5. The minimum atomic E-state index is -0.906. The van der Waals surface area contributed by atoms with Gasteiger partial charge in [-0.3, -0.25) is 0 Å². The summed E-state index contributed by atoms with van der Waals surface area (Å²) in [5, 5.41) is 0. The van der Waals surface area contributed by atoms with Gasteiger partial charge in [0.15, 0.2) is 23.3 Å². The predicted octanol–water partition coefficient (Wildman–Crippen LogP) is 7.10. The smallest absolute Gasteiger partial charge is 0.167 e. The van der Waals surface area contributed by atoms with Crippen molar-refractivity contribution in [1.29, 1.82) is 0 Å². The lowest BCUT2D eigenvalue weighted by molar-refractivity contribution is 0.401. The molecule has 1 nitrogen and oxygen atoms in total. The van der Waals surface area contributed by atoms with Crippen LogP contribution in [0.5, 0.6) is 0 Å². The maximum atomic E-state index is 14.5. The van der Waals surface area contributed by atoms with E-state index < -0.39 is 23.3 Å². The van der Waals surface area contributed by atoms with E-state index in [0.717, 1.165) is 12.0 Å². The predicted molar refractivity (Wildman–Crippen MR) is 110 cm³/mol. The Hall–Kier alpha value is -2.92. The minimum absolute atomic E-state index is 0.155. The zero-order valence-corrected chi connectivity index (χ0v) is 16.4. The van der Waals surface area contributed by atoms with E-state index in [0.29, 0.717) is 24.2 Å². The molecule has 1 fully saturated rings. The van der Waals surface area contributed by atoms with E-state index in [-0.39, 0.29) is 22.8 Å². The van der Waals surface area contributed by atoms with Crippen molar-refractivity contribution in [2.24, 2.45) is 0 Å². The quantitative estimate of drug-likeness (QED) is 0.239. The normalized spacial score (nSPS) is 15.7. The highest BCUT2D eigenvalue weighted by Gasteiger charge is 2.30. The van der Waals surface area contributed by atoms with Crippen molar-refractivity contribution in [1.82, 2.24) is 0 Å². The standard InChI is InChI=1S/C25H20F4O/c1-2-3-17-10-11-18(23(27)22(17)26)9-6-15-4-7-16(8-5-15)19-12-13-20(21-14-30-21)25(29)24(19)28/h4-13,21H,2-3,14H2,1H3/b9-6+. The zero-order chi connectivity index (χ0) is 21.3. The second kappa shape index (κ2) is 8.44. The molecule has 5 heteroatoms. The summed E-state index contributed by atoms with van der Waals surface area (Å²) in [6.07, 6.45) is 4.00. The molecule has 1 aliphatic rings. The molecule has 1 unspecified atom stereocenters. The summed E-state index contributed by atoms with van der Waals surface area (Å²) < 4.78 is 62.0. The molecule has 0 aromatic heterocycles. The van der Waals surface area contributed by atoms with Gasteiger partial charge < -0.3 is 4.74 Å². The molecule has 4 rings (SSSR count).